The van der Waals surface area contributed by atoms with Crippen LogP contribution < -0.4 is 5.43 Å². The van der Waals surface area contributed by atoms with Gasteiger partial charge >= 0.3 is 0 Å². The Morgan fingerprint density at radius 1 is 1.38 bits per heavy atom. The summed E-state index contributed by atoms with van der Waals surface area (Å²) in [5.41, 5.74) is 4.89. The molecule has 0 bridgehead atoms. The monoisotopic (exact) mass is 430 g/mol. The Hall–Kier alpha value is -2.05. The van der Waals surface area contributed by atoms with E-state index in [-0.39, 0.29) is 5.56 Å². The summed E-state index contributed by atoms with van der Waals surface area (Å²) in [6.07, 6.45) is 7.42. The van der Waals surface area contributed by atoms with Crippen molar-refractivity contribution in [2.75, 3.05) is 5.43 Å². The van der Waals surface area contributed by atoms with E-state index in [0.29, 0.717) is 22.2 Å². The molecule has 0 radical (unpaired) electrons. The van der Waals surface area contributed by atoms with Crippen molar-refractivity contribution in [2.45, 2.75) is 46.5 Å². The molecule has 0 amide bonds. The molecule has 0 aliphatic heterocycles. The summed E-state index contributed by atoms with van der Waals surface area (Å²) in [6.45, 7) is 6.98. The van der Waals surface area contributed by atoms with Gasteiger partial charge in [0.25, 0.3) is 0 Å². The molecule has 0 saturated heterocycles. The van der Waals surface area contributed by atoms with Crippen molar-refractivity contribution < 1.29 is 4.39 Å². The predicted molar refractivity (Wildman–Crippen MR) is 120 cm³/mol. The number of anilines is 1. The highest BCUT2D eigenvalue weighted by Gasteiger charge is 2.33. The maximum Gasteiger partial charge on any atom is 0.158 e. The lowest BCUT2D eigenvalue weighted by atomic mass is 9.69. The van der Waals surface area contributed by atoms with Gasteiger partial charge in [0.2, 0.25) is 0 Å². The molecule has 4 nitrogen and oxygen atoms in total. The van der Waals surface area contributed by atoms with E-state index in [2.05, 4.69) is 41.3 Å². The zero-order valence-corrected chi connectivity index (χ0v) is 18.4. The lowest BCUT2D eigenvalue weighted by Crippen LogP contribution is -2.28. The zero-order chi connectivity index (χ0) is 20.6. The average Bonchev–Trinajstić information content (AvgIpc) is 3.08. The first-order valence-electron chi connectivity index (χ1n) is 9.89. The van der Waals surface area contributed by atoms with E-state index in [1.54, 1.807) is 29.8 Å². The van der Waals surface area contributed by atoms with E-state index in [0.717, 1.165) is 29.5 Å². The molecule has 152 valence electrons. The van der Waals surface area contributed by atoms with Crippen LogP contribution in [-0.4, -0.2) is 16.2 Å². The van der Waals surface area contributed by atoms with Gasteiger partial charge in [0, 0.05) is 10.4 Å². The predicted octanol–water partition coefficient (Wildman–Crippen LogP) is 6.47. The van der Waals surface area contributed by atoms with Crippen molar-refractivity contribution in [3.8, 4) is 0 Å². The van der Waals surface area contributed by atoms with Crippen LogP contribution >= 0.6 is 22.9 Å². The Morgan fingerprint density at radius 3 is 2.97 bits per heavy atom. The van der Waals surface area contributed by atoms with Crippen molar-refractivity contribution in [3.05, 3.63) is 51.4 Å². The number of hydrogen-bond donors (Lipinski definition) is 1. The van der Waals surface area contributed by atoms with Gasteiger partial charge in [-0.2, -0.15) is 5.10 Å². The molecule has 0 fully saturated rings. The van der Waals surface area contributed by atoms with Crippen LogP contribution in [0.5, 0.6) is 0 Å². The van der Waals surface area contributed by atoms with E-state index in [9.17, 15) is 4.39 Å². The normalized spacial score (nSPS) is 17.1. The molecule has 0 saturated carbocycles. The van der Waals surface area contributed by atoms with Gasteiger partial charge in [0.05, 0.1) is 16.6 Å². The summed E-state index contributed by atoms with van der Waals surface area (Å²) in [6, 6.07) is 4.57. The molecule has 7 heteroatoms. The third kappa shape index (κ3) is 3.88. The van der Waals surface area contributed by atoms with Crippen molar-refractivity contribution >= 4 is 45.2 Å². The molecule has 1 aliphatic rings. The van der Waals surface area contributed by atoms with E-state index in [1.807, 2.05) is 0 Å². The number of benzene rings is 1. The fourth-order valence-electron chi connectivity index (χ4n) is 3.94. The quantitative estimate of drug-likeness (QED) is 0.372. The van der Waals surface area contributed by atoms with Gasteiger partial charge in [-0.25, -0.2) is 14.4 Å². The summed E-state index contributed by atoms with van der Waals surface area (Å²) >= 11 is 7.82. The maximum absolute atomic E-state index is 14.0. The van der Waals surface area contributed by atoms with Crippen LogP contribution in [0.2, 0.25) is 5.02 Å². The van der Waals surface area contributed by atoms with Gasteiger partial charge in [0.15, 0.2) is 5.82 Å². The fourth-order valence-corrected chi connectivity index (χ4v) is 5.34. The number of nitrogens with zero attached hydrogens (tertiary/aromatic N) is 3. The van der Waals surface area contributed by atoms with Crippen molar-refractivity contribution in [3.63, 3.8) is 0 Å². The lowest BCUT2D eigenvalue weighted by molar-refractivity contribution is 0.184. The highest BCUT2D eigenvalue weighted by atomic mass is 35.5. The van der Waals surface area contributed by atoms with Crippen LogP contribution in [0.25, 0.3) is 10.2 Å². The zero-order valence-electron chi connectivity index (χ0n) is 16.8. The van der Waals surface area contributed by atoms with Crippen LogP contribution in [0, 0.1) is 17.2 Å². The molecule has 1 aromatic carbocycles. The number of halogens is 2. The molecule has 2 heterocycles. The van der Waals surface area contributed by atoms with E-state index in [1.165, 1.54) is 29.1 Å². The van der Waals surface area contributed by atoms with Crippen LogP contribution in [0.3, 0.4) is 0 Å². The second-order valence-electron chi connectivity index (χ2n) is 8.19. The van der Waals surface area contributed by atoms with Crippen molar-refractivity contribution in [2.24, 2.45) is 16.4 Å². The molecular weight excluding hydrogens is 407 g/mol. The van der Waals surface area contributed by atoms with E-state index < -0.39 is 5.82 Å². The van der Waals surface area contributed by atoms with Crippen molar-refractivity contribution in [1.29, 1.82) is 0 Å². The fraction of sp³-hybridized carbons (Fsp3) is 0.409. The molecule has 29 heavy (non-hydrogen) atoms. The Balaban J connectivity index is 1.66. The van der Waals surface area contributed by atoms with Gasteiger partial charge in [0.1, 0.15) is 17.0 Å². The SMILES string of the molecule is CCC(C)(C)[C@@H]1CCc2sc3ncnc(N/N=C/c4c(F)cccc4Cl)c3c2C1. The molecule has 1 atom stereocenters. The number of fused-ring (bicyclic) bond motifs is 3. The number of nitrogens with one attached hydrogen (secondary N) is 1. The van der Waals surface area contributed by atoms with Crippen LogP contribution in [-0.2, 0) is 12.8 Å². The van der Waals surface area contributed by atoms with Crippen LogP contribution in [0.1, 0.15) is 49.6 Å². The second kappa shape index (κ2) is 8.00. The molecule has 0 spiro atoms. The second-order valence-corrected chi connectivity index (χ2v) is 9.68. The Labute approximate surface area is 179 Å². The van der Waals surface area contributed by atoms with Gasteiger partial charge in [-0.05, 0) is 48.3 Å². The number of aromatic nitrogens is 2. The lowest BCUT2D eigenvalue weighted by Gasteiger charge is -2.36. The maximum atomic E-state index is 14.0. The minimum atomic E-state index is -0.409. The first-order valence-corrected chi connectivity index (χ1v) is 11.1. The average molecular weight is 431 g/mol. The summed E-state index contributed by atoms with van der Waals surface area (Å²) in [4.78, 5) is 11.3. The van der Waals surface area contributed by atoms with E-state index >= 15 is 0 Å². The van der Waals surface area contributed by atoms with Gasteiger partial charge in [-0.3, -0.25) is 5.43 Å². The Kier molecular flexibility index (Phi) is 5.58. The molecule has 2 aromatic heterocycles. The summed E-state index contributed by atoms with van der Waals surface area (Å²) < 4.78 is 14.0. The van der Waals surface area contributed by atoms with E-state index in [4.69, 9.17) is 11.6 Å². The van der Waals surface area contributed by atoms with Crippen molar-refractivity contribution in [1.82, 2.24) is 9.97 Å². The largest absolute Gasteiger partial charge is 0.261 e. The van der Waals surface area contributed by atoms with Crippen LogP contribution in [0.4, 0.5) is 10.2 Å². The van der Waals surface area contributed by atoms with Gasteiger partial charge < -0.3 is 0 Å². The molecular formula is C22H24ClFN4S. The summed E-state index contributed by atoms with van der Waals surface area (Å²) in [7, 11) is 0. The third-order valence-corrected chi connectivity index (χ3v) is 7.75. The first kappa shape index (κ1) is 20.2. The summed E-state index contributed by atoms with van der Waals surface area (Å²) in [5, 5.41) is 5.57. The van der Waals surface area contributed by atoms with Gasteiger partial charge in [-0.15, -0.1) is 11.3 Å². The molecule has 1 aliphatic carbocycles. The summed E-state index contributed by atoms with van der Waals surface area (Å²) in [5.74, 6) is 0.881. The minimum Gasteiger partial charge on any atom is -0.261 e. The molecule has 0 unspecified atom stereocenters. The van der Waals surface area contributed by atoms with Crippen LogP contribution in [0.15, 0.2) is 29.6 Å². The topological polar surface area (TPSA) is 50.2 Å². The third-order valence-electron chi connectivity index (χ3n) is 6.22. The highest BCUT2D eigenvalue weighted by Crippen LogP contribution is 2.45. The number of aryl methyl sites for hydroxylation is 1. The number of thiophene rings is 1. The number of hydrogen-bond acceptors (Lipinski definition) is 5. The first-order chi connectivity index (χ1) is 13.9. The van der Waals surface area contributed by atoms with Gasteiger partial charge in [-0.1, -0.05) is 44.9 Å². The molecule has 1 N–H and O–H groups in total. The standard InChI is InChI=1S/C22H24ClFN4S/c1-4-22(2,3)13-8-9-18-14(10-13)19-20(25-12-26-21(19)29-18)28-27-11-15-16(23)6-5-7-17(15)24/h5-7,11-13H,4,8-10H2,1-3H3,(H,25,26,28)/b27-11+/t13-/m1/s1. The number of rotatable bonds is 5. The highest BCUT2D eigenvalue weighted by molar-refractivity contribution is 7.19. The number of hydrazone groups is 1. The molecule has 3 aromatic rings. The Morgan fingerprint density at radius 2 is 2.21 bits per heavy atom. The smallest absolute Gasteiger partial charge is 0.158 e. The Bertz CT molecular complexity index is 1060. The minimum absolute atomic E-state index is 0.254. The molecule has 4 rings (SSSR count).